The summed E-state index contributed by atoms with van der Waals surface area (Å²) < 4.78 is 38.1. The summed E-state index contributed by atoms with van der Waals surface area (Å²) in [5, 5.41) is 7.07. The molecular weight excluding hydrogens is 368 g/mol. The molecule has 2 aromatic rings. The van der Waals surface area contributed by atoms with Crippen LogP contribution in [0.3, 0.4) is 0 Å². The van der Waals surface area contributed by atoms with Gasteiger partial charge in [-0.3, -0.25) is 0 Å². The first-order valence-electron chi connectivity index (χ1n) is 9.11. The Hall–Kier alpha value is -1.97. The van der Waals surface area contributed by atoms with Crippen molar-refractivity contribution in [1.82, 2.24) is 14.4 Å². The van der Waals surface area contributed by atoms with E-state index in [1.807, 2.05) is 18.2 Å². The number of nitrogens with zero attached hydrogens (tertiary/aromatic N) is 3. The van der Waals surface area contributed by atoms with Crippen LogP contribution in [-0.4, -0.2) is 55.2 Å². The zero-order chi connectivity index (χ0) is 19.0. The van der Waals surface area contributed by atoms with E-state index in [1.165, 1.54) is 6.20 Å². The summed E-state index contributed by atoms with van der Waals surface area (Å²) in [6.07, 6.45) is 4.72. The van der Waals surface area contributed by atoms with Crippen molar-refractivity contribution in [3.8, 4) is 0 Å². The van der Waals surface area contributed by atoms with Crippen LogP contribution in [0.4, 0.5) is 5.82 Å². The fraction of sp³-hybridized carbons (Fsp3) is 0.556. The van der Waals surface area contributed by atoms with Gasteiger partial charge in [-0.15, -0.1) is 0 Å². The van der Waals surface area contributed by atoms with Gasteiger partial charge in [0.2, 0.25) is 10.0 Å². The summed E-state index contributed by atoms with van der Waals surface area (Å²) in [5.74, 6) is 1.71. The maximum Gasteiger partial charge on any atom is 0.248 e. The van der Waals surface area contributed by atoms with Crippen LogP contribution in [0.15, 0.2) is 40.0 Å². The Morgan fingerprint density at radius 3 is 2.67 bits per heavy atom. The Kier molecular flexibility index (Phi) is 4.92. The molecule has 8 nitrogen and oxygen atoms in total. The lowest BCUT2D eigenvalue weighted by Gasteiger charge is -2.37. The van der Waals surface area contributed by atoms with Gasteiger partial charge in [0.15, 0.2) is 5.76 Å². The molecule has 2 fully saturated rings. The average molecular weight is 392 g/mol. The molecule has 1 N–H and O–H groups in total. The lowest BCUT2D eigenvalue weighted by Crippen LogP contribution is -2.44. The van der Waals surface area contributed by atoms with E-state index in [-0.39, 0.29) is 28.9 Å². The fourth-order valence-corrected chi connectivity index (χ4v) is 5.92. The Labute approximate surface area is 158 Å². The van der Waals surface area contributed by atoms with Crippen molar-refractivity contribution in [2.75, 3.05) is 25.5 Å². The lowest BCUT2D eigenvalue weighted by atomic mass is 9.77. The van der Waals surface area contributed by atoms with Gasteiger partial charge in [0.05, 0.1) is 18.3 Å². The van der Waals surface area contributed by atoms with E-state index >= 15 is 0 Å². The molecule has 0 spiro atoms. The highest BCUT2D eigenvalue weighted by atomic mass is 32.2. The maximum absolute atomic E-state index is 13.0. The van der Waals surface area contributed by atoms with Gasteiger partial charge in [-0.1, -0.05) is 11.2 Å². The van der Waals surface area contributed by atoms with E-state index < -0.39 is 10.0 Å². The van der Waals surface area contributed by atoms with Crippen molar-refractivity contribution in [3.63, 3.8) is 0 Å². The van der Waals surface area contributed by atoms with Gasteiger partial charge in [-0.2, -0.15) is 4.31 Å². The molecule has 0 bridgehead atoms. The van der Waals surface area contributed by atoms with Gasteiger partial charge >= 0.3 is 0 Å². The first-order chi connectivity index (χ1) is 13.0. The van der Waals surface area contributed by atoms with E-state index in [2.05, 4.69) is 15.5 Å². The predicted octanol–water partition coefficient (Wildman–Crippen LogP) is 1.90. The molecule has 1 saturated heterocycles. The van der Waals surface area contributed by atoms with E-state index in [1.54, 1.807) is 24.5 Å². The summed E-state index contributed by atoms with van der Waals surface area (Å²) in [5.41, 5.74) is 0. The minimum absolute atomic E-state index is 0.0215. The van der Waals surface area contributed by atoms with Crippen molar-refractivity contribution in [3.05, 3.63) is 36.4 Å². The van der Waals surface area contributed by atoms with Crippen LogP contribution < -0.4 is 5.32 Å². The van der Waals surface area contributed by atoms with Crippen molar-refractivity contribution in [1.29, 1.82) is 0 Å². The highest BCUT2D eigenvalue weighted by molar-refractivity contribution is 7.89. The molecule has 27 heavy (non-hydrogen) atoms. The van der Waals surface area contributed by atoms with Crippen LogP contribution in [0.1, 0.15) is 18.6 Å². The third-order valence-corrected chi connectivity index (χ3v) is 7.64. The summed E-state index contributed by atoms with van der Waals surface area (Å²) in [4.78, 5) is 4.49. The predicted molar refractivity (Wildman–Crippen MR) is 98.7 cm³/mol. The van der Waals surface area contributed by atoms with Gasteiger partial charge in [0, 0.05) is 26.4 Å². The third kappa shape index (κ3) is 3.46. The van der Waals surface area contributed by atoms with Crippen molar-refractivity contribution in [2.45, 2.75) is 36.8 Å². The highest BCUT2D eigenvalue weighted by Crippen LogP contribution is 2.40. The van der Waals surface area contributed by atoms with Gasteiger partial charge < -0.3 is 14.6 Å². The molecule has 1 aliphatic carbocycles. The molecule has 9 heteroatoms. The number of nitrogens with one attached hydrogen (secondary N) is 1. The summed E-state index contributed by atoms with van der Waals surface area (Å²) in [6, 6.07) is 5.85. The van der Waals surface area contributed by atoms with Crippen LogP contribution in [0.2, 0.25) is 0 Å². The number of fused-ring (bicyclic) bond motifs is 1. The van der Waals surface area contributed by atoms with Gasteiger partial charge in [0.25, 0.3) is 0 Å². The highest BCUT2D eigenvalue weighted by Gasteiger charge is 2.46. The number of hydrogen-bond acceptors (Lipinski definition) is 7. The molecule has 4 atom stereocenters. The molecule has 146 valence electrons. The lowest BCUT2D eigenvalue weighted by molar-refractivity contribution is 0.0305. The molecule has 1 aliphatic heterocycles. The van der Waals surface area contributed by atoms with E-state index in [4.69, 9.17) is 9.26 Å². The third-order valence-electron chi connectivity index (χ3n) is 5.71. The number of pyridine rings is 1. The first kappa shape index (κ1) is 18.4. The van der Waals surface area contributed by atoms with Crippen molar-refractivity contribution < 1.29 is 17.7 Å². The molecule has 2 aliphatic rings. The summed E-state index contributed by atoms with van der Waals surface area (Å²) >= 11 is 0. The Morgan fingerprint density at radius 1 is 1.26 bits per heavy atom. The monoisotopic (exact) mass is 392 g/mol. The number of hydrogen-bond donors (Lipinski definition) is 1. The molecule has 1 saturated carbocycles. The number of anilines is 1. The molecule has 0 unspecified atom stereocenters. The topological polar surface area (TPSA) is 97.6 Å². The van der Waals surface area contributed by atoms with Crippen LogP contribution in [-0.2, 0) is 14.8 Å². The Bertz CT molecular complexity index is 886. The number of rotatable bonds is 5. The fourth-order valence-electron chi connectivity index (χ4n) is 4.29. The number of aromatic nitrogens is 2. The molecule has 3 heterocycles. The van der Waals surface area contributed by atoms with Gasteiger partial charge in [-0.25, -0.2) is 13.4 Å². The second-order valence-electron chi connectivity index (χ2n) is 7.30. The minimum atomic E-state index is -3.58. The molecule has 0 amide bonds. The second kappa shape index (κ2) is 7.21. The first-order valence-corrected chi connectivity index (χ1v) is 10.5. The largest absolute Gasteiger partial charge is 0.379 e. The number of aryl methyl sites for hydroxylation is 1. The van der Waals surface area contributed by atoms with Gasteiger partial charge in [0.1, 0.15) is 10.7 Å². The average Bonchev–Trinajstić information content (AvgIpc) is 3.28. The molecule has 0 aromatic carbocycles. The normalized spacial score (nSPS) is 28.8. The Morgan fingerprint density at radius 2 is 2.04 bits per heavy atom. The van der Waals surface area contributed by atoms with Crippen LogP contribution >= 0.6 is 0 Å². The second-order valence-corrected chi connectivity index (χ2v) is 9.21. The van der Waals surface area contributed by atoms with Crippen LogP contribution in [0.25, 0.3) is 0 Å². The maximum atomic E-state index is 13.0. The number of ether oxygens (including phenoxy) is 1. The van der Waals surface area contributed by atoms with E-state index in [0.29, 0.717) is 18.8 Å². The molecule has 2 aromatic heterocycles. The smallest absolute Gasteiger partial charge is 0.248 e. The van der Waals surface area contributed by atoms with Crippen LogP contribution in [0, 0.1) is 18.8 Å². The Balaban J connectivity index is 1.50. The summed E-state index contributed by atoms with van der Waals surface area (Å²) in [6.45, 7) is 2.64. The zero-order valence-electron chi connectivity index (χ0n) is 15.4. The van der Waals surface area contributed by atoms with Crippen LogP contribution in [0.5, 0.6) is 0 Å². The quantitative estimate of drug-likeness (QED) is 0.830. The molecular formula is C18H24N4O4S. The van der Waals surface area contributed by atoms with Crippen molar-refractivity contribution in [2.24, 2.45) is 11.8 Å². The molecule has 0 radical (unpaired) electrons. The van der Waals surface area contributed by atoms with E-state index in [9.17, 15) is 8.42 Å². The van der Waals surface area contributed by atoms with Crippen molar-refractivity contribution >= 4 is 15.8 Å². The minimum Gasteiger partial charge on any atom is -0.379 e. The van der Waals surface area contributed by atoms with Gasteiger partial charge in [-0.05, 0) is 43.7 Å². The SMILES string of the molecule is CO[C@@H]1C[C@H]2CN(S(=O)(=O)c3cnoc3C)C[C@H]2C[C@H]1Nc1ccccn1. The zero-order valence-corrected chi connectivity index (χ0v) is 16.2. The number of sulfonamides is 1. The number of methoxy groups -OCH3 is 1. The molecule has 4 rings (SSSR count). The summed E-state index contributed by atoms with van der Waals surface area (Å²) in [7, 11) is -1.87. The standard InChI is InChI=1S/C18H24N4O4S/c1-12-17(9-20-26-12)27(23,24)22-10-13-7-15(16(25-2)8-14(13)11-22)21-18-5-3-4-6-19-18/h3-6,9,13-16H,7-8,10-11H2,1-2H3,(H,19,21)/t13-,14+,15-,16-/m1/s1. The van der Waals surface area contributed by atoms with E-state index in [0.717, 1.165) is 18.7 Å².